The molecule has 0 saturated heterocycles. The summed E-state index contributed by atoms with van der Waals surface area (Å²) >= 11 is 6.79. The molecule has 4 nitrogen and oxygen atoms in total. The van der Waals surface area contributed by atoms with Crippen LogP contribution in [0.15, 0.2) is 11.6 Å². The fourth-order valence-corrected chi connectivity index (χ4v) is 3.33. The summed E-state index contributed by atoms with van der Waals surface area (Å²) in [6.07, 6.45) is 3.28. The molecule has 2 heterocycles. The van der Waals surface area contributed by atoms with Gasteiger partial charge < -0.3 is 11.1 Å². The molecule has 1 aliphatic rings. The summed E-state index contributed by atoms with van der Waals surface area (Å²) in [7, 11) is 0. The van der Waals surface area contributed by atoms with Crippen LogP contribution in [-0.4, -0.2) is 15.0 Å². The summed E-state index contributed by atoms with van der Waals surface area (Å²) in [6.45, 7) is 2.72. The number of thiocarbonyl (C=S) groups is 1. The number of nitrogens with zero attached hydrogens (tertiary/aromatic N) is 2. The summed E-state index contributed by atoms with van der Waals surface area (Å²) in [4.78, 5) is 10.6. The lowest BCUT2D eigenvalue weighted by molar-refractivity contribution is 0.899. The van der Waals surface area contributed by atoms with Gasteiger partial charge in [0.1, 0.15) is 10.8 Å². The van der Waals surface area contributed by atoms with Crippen LogP contribution < -0.4 is 11.1 Å². The third kappa shape index (κ3) is 2.53. The Morgan fingerprint density at radius 1 is 1.50 bits per heavy atom. The summed E-state index contributed by atoms with van der Waals surface area (Å²) in [5.41, 5.74) is 12.1. The van der Waals surface area contributed by atoms with Crippen molar-refractivity contribution in [2.75, 3.05) is 5.32 Å². The average molecular weight is 304 g/mol. The molecule has 0 spiro atoms. The number of rotatable bonds is 4. The van der Waals surface area contributed by atoms with E-state index >= 15 is 0 Å². The second-order valence-corrected chi connectivity index (χ2v) is 6.30. The Bertz CT molecular complexity index is 663. The first kappa shape index (κ1) is 13.5. The molecule has 0 saturated carbocycles. The van der Waals surface area contributed by atoms with Crippen molar-refractivity contribution in [3.8, 4) is 0 Å². The maximum absolute atomic E-state index is 5.83. The van der Waals surface area contributed by atoms with Crippen LogP contribution in [0.3, 0.4) is 0 Å². The van der Waals surface area contributed by atoms with Crippen LogP contribution in [0.5, 0.6) is 0 Å². The Morgan fingerprint density at radius 2 is 2.35 bits per heavy atom. The van der Waals surface area contributed by atoms with Gasteiger partial charge >= 0.3 is 0 Å². The van der Waals surface area contributed by atoms with E-state index in [1.807, 2.05) is 12.4 Å². The highest BCUT2D eigenvalue weighted by molar-refractivity contribution is 7.80. The third-order valence-corrected chi connectivity index (χ3v) is 4.73. The SMILES string of the molecule is Cc1ncsc1CNc1nc2c(cc1C(N)=S)CCC2. The summed E-state index contributed by atoms with van der Waals surface area (Å²) < 4.78 is 0. The molecule has 104 valence electrons. The lowest BCUT2D eigenvalue weighted by Gasteiger charge is -2.12. The van der Waals surface area contributed by atoms with Gasteiger partial charge in [-0.2, -0.15) is 0 Å². The van der Waals surface area contributed by atoms with Gasteiger partial charge in [0, 0.05) is 10.6 Å². The second kappa shape index (κ2) is 5.46. The molecule has 0 unspecified atom stereocenters. The number of aryl methyl sites for hydroxylation is 3. The molecule has 1 aliphatic carbocycles. The van der Waals surface area contributed by atoms with Crippen LogP contribution in [0.2, 0.25) is 0 Å². The predicted octanol–water partition coefficient (Wildman–Crippen LogP) is 2.58. The van der Waals surface area contributed by atoms with Gasteiger partial charge in [-0.3, -0.25) is 0 Å². The molecule has 2 aromatic rings. The van der Waals surface area contributed by atoms with Crippen LogP contribution in [0.4, 0.5) is 5.82 Å². The highest BCUT2D eigenvalue weighted by Gasteiger charge is 2.17. The van der Waals surface area contributed by atoms with Crippen LogP contribution in [0, 0.1) is 6.92 Å². The molecule has 0 fully saturated rings. The van der Waals surface area contributed by atoms with Crippen LogP contribution in [0.25, 0.3) is 0 Å². The smallest absolute Gasteiger partial charge is 0.136 e. The van der Waals surface area contributed by atoms with Crippen molar-refractivity contribution in [2.24, 2.45) is 5.73 Å². The zero-order chi connectivity index (χ0) is 14.1. The maximum Gasteiger partial charge on any atom is 0.136 e. The summed E-state index contributed by atoms with van der Waals surface area (Å²) in [5, 5.41) is 3.36. The number of anilines is 1. The van der Waals surface area contributed by atoms with E-state index in [9.17, 15) is 0 Å². The molecular weight excluding hydrogens is 288 g/mol. The maximum atomic E-state index is 5.83. The van der Waals surface area contributed by atoms with E-state index in [1.165, 1.54) is 16.1 Å². The van der Waals surface area contributed by atoms with E-state index < -0.39 is 0 Å². The van der Waals surface area contributed by atoms with Gasteiger partial charge in [-0.25, -0.2) is 9.97 Å². The highest BCUT2D eigenvalue weighted by atomic mass is 32.1. The predicted molar refractivity (Wildman–Crippen MR) is 86.3 cm³/mol. The number of hydrogen-bond donors (Lipinski definition) is 2. The Hall–Kier alpha value is -1.53. The number of nitrogens with two attached hydrogens (primary N) is 1. The molecule has 0 aromatic carbocycles. The van der Waals surface area contributed by atoms with Gasteiger partial charge in [-0.15, -0.1) is 11.3 Å². The molecule has 20 heavy (non-hydrogen) atoms. The number of pyridine rings is 1. The third-order valence-electron chi connectivity index (χ3n) is 3.58. The van der Waals surface area contributed by atoms with Gasteiger partial charge in [0.15, 0.2) is 0 Å². The minimum absolute atomic E-state index is 0.399. The van der Waals surface area contributed by atoms with Gasteiger partial charge in [0.05, 0.1) is 23.3 Å². The van der Waals surface area contributed by atoms with Crippen molar-refractivity contribution >= 4 is 34.4 Å². The molecule has 0 atom stereocenters. The zero-order valence-electron chi connectivity index (χ0n) is 11.3. The molecule has 3 rings (SSSR count). The Morgan fingerprint density at radius 3 is 3.05 bits per heavy atom. The van der Waals surface area contributed by atoms with Gasteiger partial charge in [0.25, 0.3) is 0 Å². The van der Waals surface area contributed by atoms with E-state index in [1.54, 1.807) is 11.3 Å². The number of thiazole rings is 1. The molecule has 6 heteroatoms. The van der Waals surface area contributed by atoms with Gasteiger partial charge in [-0.05, 0) is 37.8 Å². The topological polar surface area (TPSA) is 63.8 Å². The molecule has 2 aromatic heterocycles. The fraction of sp³-hybridized carbons (Fsp3) is 0.357. The molecule has 0 amide bonds. The minimum atomic E-state index is 0.399. The number of aromatic nitrogens is 2. The second-order valence-electron chi connectivity index (χ2n) is 4.92. The normalized spacial score (nSPS) is 13.2. The monoisotopic (exact) mass is 304 g/mol. The average Bonchev–Trinajstić information content (AvgIpc) is 3.03. The molecular formula is C14H16N4S2. The standard InChI is InChI=1S/C14H16N4S2/c1-8-12(20-7-17-8)6-16-14-10(13(15)19)5-9-3-2-4-11(9)18-14/h5,7H,2-4,6H2,1H3,(H2,15,19)(H,16,18). The van der Waals surface area contributed by atoms with Crippen LogP contribution >= 0.6 is 23.6 Å². The first-order valence-corrected chi connectivity index (χ1v) is 7.89. The van der Waals surface area contributed by atoms with Crippen LogP contribution in [0.1, 0.15) is 33.8 Å². The summed E-state index contributed by atoms with van der Waals surface area (Å²) in [5.74, 6) is 0.797. The highest BCUT2D eigenvalue weighted by Crippen LogP contribution is 2.26. The van der Waals surface area contributed by atoms with Crippen molar-refractivity contribution in [2.45, 2.75) is 32.7 Å². The van der Waals surface area contributed by atoms with Crippen molar-refractivity contribution < 1.29 is 0 Å². The van der Waals surface area contributed by atoms with Gasteiger partial charge in [0.2, 0.25) is 0 Å². The zero-order valence-corrected chi connectivity index (χ0v) is 12.9. The Labute approximate surface area is 127 Å². The van der Waals surface area contributed by atoms with E-state index in [0.717, 1.165) is 36.3 Å². The van der Waals surface area contributed by atoms with E-state index in [-0.39, 0.29) is 0 Å². The molecule has 0 bridgehead atoms. The lowest BCUT2D eigenvalue weighted by atomic mass is 10.1. The van der Waals surface area contributed by atoms with Crippen molar-refractivity contribution in [3.63, 3.8) is 0 Å². The fourth-order valence-electron chi connectivity index (χ4n) is 2.45. The van der Waals surface area contributed by atoms with Crippen molar-refractivity contribution in [1.29, 1.82) is 0 Å². The summed E-state index contributed by atoms with van der Waals surface area (Å²) in [6, 6.07) is 2.10. The number of nitrogens with one attached hydrogen (secondary N) is 1. The molecule has 0 aliphatic heterocycles. The largest absolute Gasteiger partial charge is 0.389 e. The minimum Gasteiger partial charge on any atom is -0.389 e. The first-order valence-electron chi connectivity index (χ1n) is 6.60. The number of hydrogen-bond acceptors (Lipinski definition) is 5. The van der Waals surface area contributed by atoms with Crippen molar-refractivity contribution in [3.05, 3.63) is 39.0 Å². The Balaban J connectivity index is 1.88. The first-order chi connectivity index (χ1) is 9.65. The van der Waals surface area contributed by atoms with Gasteiger partial charge in [-0.1, -0.05) is 12.2 Å². The number of fused-ring (bicyclic) bond motifs is 1. The molecule has 3 N–H and O–H groups in total. The quantitative estimate of drug-likeness (QED) is 0.850. The molecule has 0 radical (unpaired) electrons. The van der Waals surface area contributed by atoms with Crippen LogP contribution in [-0.2, 0) is 19.4 Å². The lowest BCUT2D eigenvalue weighted by Crippen LogP contribution is -2.15. The van der Waals surface area contributed by atoms with E-state index in [2.05, 4.69) is 16.4 Å². The van der Waals surface area contributed by atoms with E-state index in [4.69, 9.17) is 22.9 Å². The van der Waals surface area contributed by atoms with E-state index in [0.29, 0.717) is 11.5 Å². The Kier molecular flexibility index (Phi) is 3.67. The van der Waals surface area contributed by atoms with Crippen molar-refractivity contribution in [1.82, 2.24) is 9.97 Å².